The Labute approximate surface area is 93.4 Å². The topological polar surface area (TPSA) is 29.1 Å². The molecule has 0 saturated carbocycles. The fourth-order valence-corrected chi connectivity index (χ4v) is 3.93. The SMILES string of the molecule is C[C@@]12CCC(=O)N[C@@H]1c1ccccc1S2. The van der Waals surface area contributed by atoms with Crippen LogP contribution in [0.1, 0.15) is 31.4 Å². The van der Waals surface area contributed by atoms with Gasteiger partial charge in [0.05, 0.1) is 6.04 Å². The van der Waals surface area contributed by atoms with E-state index in [0.29, 0.717) is 6.42 Å². The van der Waals surface area contributed by atoms with Crippen molar-refractivity contribution in [2.75, 3.05) is 0 Å². The maximum atomic E-state index is 11.4. The van der Waals surface area contributed by atoms with Crippen molar-refractivity contribution in [3.8, 4) is 0 Å². The van der Waals surface area contributed by atoms with Crippen molar-refractivity contribution >= 4 is 17.7 Å². The Morgan fingerprint density at radius 1 is 1.47 bits per heavy atom. The Morgan fingerprint density at radius 2 is 2.27 bits per heavy atom. The molecule has 1 fully saturated rings. The largest absolute Gasteiger partial charge is 0.348 e. The van der Waals surface area contributed by atoms with E-state index >= 15 is 0 Å². The van der Waals surface area contributed by atoms with Crippen molar-refractivity contribution in [3.63, 3.8) is 0 Å². The first-order chi connectivity index (χ1) is 7.19. The minimum absolute atomic E-state index is 0.164. The van der Waals surface area contributed by atoms with E-state index in [4.69, 9.17) is 0 Å². The quantitative estimate of drug-likeness (QED) is 0.726. The van der Waals surface area contributed by atoms with Crippen molar-refractivity contribution in [2.45, 2.75) is 35.4 Å². The van der Waals surface area contributed by atoms with Gasteiger partial charge in [-0.2, -0.15) is 0 Å². The van der Waals surface area contributed by atoms with Crippen molar-refractivity contribution in [1.82, 2.24) is 5.32 Å². The number of amides is 1. The van der Waals surface area contributed by atoms with Crippen molar-refractivity contribution in [2.24, 2.45) is 0 Å². The third kappa shape index (κ3) is 1.29. The molecule has 1 N–H and O–H groups in total. The number of carbonyl (C=O) groups excluding carboxylic acids is 1. The molecule has 2 aliphatic heterocycles. The molecule has 2 atom stereocenters. The zero-order valence-corrected chi connectivity index (χ0v) is 9.43. The fourth-order valence-electron chi connectivity index (χ4n) is 2.47. The Morgan fingerprint density at radius 3 is 3.13 bits per heavy atom. The van der Waals surface area contributed by atoms with E-state index in [1.54, 1.807) is 0 Å². The highest BCUT2D eigenvalue weighted by Crippen LogP contribution is 2.55. The predicted molar refractivity (Wildman–Crippen MR) is 60.8 cm³/mol. The van der Waals surface area contributed by atoms with Crippen LogP contribution in [0.2, 0.25) is 0 Å². The average Bonchev–Trinajstić information content (AvgIpc) is 2.51. The molecule has 78 valence electrons. The van der Waals surface area contributed by atoms with Crippen molar-refractivity contribution in [3.05, 3.63) is 29.8 Å². The standard InChI is InChI=1S/C12H13NOS/c1-12-7-6-10(14)13-11(12)8-4-2-3-5-9(8)15-12/h2-5,11H,6-7H2,1H3,(H,13,14)/t11-,12-/m1/s1. The summed E-state index contributed by atoms with van der Waals surface area (Å²) in [7, 11) is 0. The lowest BCUT2D eigenvalue weighted by Crippen LogP contribution is -2.44. The normalized spacial score (nSPS) is 33.1. The minimum Gasteiger partial charge on any atom is -0.348 e. The number of thioether (sulfide) groups is 1. The number of hydrogen-bond acceptors (Lipinski definition) is 2. The summed E-state index contributed by atoms with van der Waals surface area (Å²) in [5, 5.41) is 3.12. The molecule has 3 rings (SSSR count). The molecule has 0 aliphatic carbocycles. The molecule has 1 saturated heterocycles. The average molecular weight is 219 g/mol. The van der Waals surface area contributed by atoms with Gasteiger partial charge >= 0.3 is 0 Å². The zero-order valence-electron chi connectivity index (χ0n) is 8.62. The highest BCUT2D eigenvalue weighted by molar-refractivity contribution is 8.01. The molecule has 0 aromatic heterocycles. The van der Waals surface area contributed by atoms with Crippen LogP contribution in [0.5, 0.6) is 0 Å². The first-order valence-corrected chi connectivity index (χ1v) is 6.08. The number of carbonyl (C=O) groups is 1. The van der Waals surface area contributed by atoms with E-state index in [1.807, 2.05) is 17.8 Å². The van der Waals surface area contributed by atoms with Gasteiger partial charge in [-0.1, -0.05) is 18.2 Å². The van der Waals surface area contributed by atoms with Crippen LogP contribution in [0.4, 0.5) is 0 Å². The number of rotatable bonds is 0. The second kappa shape index (κ2) is 3.01. The summed E-state index contributed by atoms with van der Waals surface area (Å²) in [6.07, 6.45) is 1.64. The van der Waals surface area contributed by atoms with E-state index in [-0.39, 0.29) is 16.7 Å². The third-order valence-electron chi connectivity index (χ3n) is 3.34. The summed E-state index contributed by atoms with van der Waals surface area (Å²) in [5.41, 5.74) is 1.29. The number of nitrogens with one attached hydrogen (secondary N) is 1. The first kappa shape index (κ1) is 9.28. The molecule has 0 unspecified atom stereocenters. The van der Waals surface area contributed by atoms with Gasteiger partial charge in [0.1, 0.15) is 0 Å². The summed E-state index contributed by atoms with van der Waals surface area (Å²) in [4.78, 5) is 12.8. The van der Waals surface area contributed by atoms with Gasteiger partial charge in [-0.3, -0.25) is 4.79 Å². The van der Waals surface area contributed by atoms with E-state index in [9.17, 15) is 4.79 Å². The maximum Gasteiger partial charge on any atom is 0.220 e. The number of fused-ring (bicyclic) bond motifs is 3. The molecule has 0 radical (unpaired) electrons. The van der Waals surface area contributed by atoms with Crippen LogP contribution in [0.3, 0.4) is 0 Å². The second-order valence-electron chi connectivity index (χ2n) is 4.45. The van der Waals surface area contributed by atoms with Crippen LogP contribution in [0.25, 0.3) is 0 Å². The molecule has 1 aromatic carbocycles. The molecule has 2 nitrogen and oxygen atoms in total. The van der Waals surface area contributed by atoms with Crippen LogP contribution in [0, 0.1) is 0 Å². The third-order valence-corrected chi connectivity index (χ3v) is 4.84. The molecule has 3 heteroatoms. The molecule has 0 bridgehead atoms. The van der Waals surface area contributed by atoms with Crippen LogP contribution in [-0.4, -0.2) is 10.7 Å². The minimum atomic E-state index is 0.164. The number of hydrogen-bond donors (Lipinski definition) is 1. The number of benzene rings is 1. The van der Waals surface area contributed by atoms with E-state index in [2.05, 4.69) is 30.4 Å². The summed E-state index contributed by atoms with van der Waals surface area (Å²) in [6.45, 7) is 2.25. The molecular weight excluding hydrogens is 206 g/mol. The summed E-state index contributed by atoms with van der Waals surface area (Å²) >= 11 is 1.91. The Kier molecular flexibility index (Phi) is 1.87. The van der Waals surface area contributed by atoms with Gasteiger partial charge in [0.15, 0.2) is 0 Å². The van der Waals surface area contributed by atoms with Gasteiger partial charge in [-0.15, -0.1) is 11.8 Å². The monoisotopic (exact) mass is 219 g/mol. The molecule has 0 spiro atoms. The van der Waals surface area contributed by atoms with Crippen LogP contribution < -0.4 is 5.32 Å². The summed E-state index contributed by atoms with van der Waals surface area (Å²) in [6, 6.07) is 8.60. The highest BCUT2D eigenvalue weighted by Gasteiger charge is 2.46. The Balaban J connectivity index is 2.07. The molecule has 1 amide bonds. The smallest absolute Gasteiger partial charge is 0.220 e. The van der Waals surface area contributed by atoms with Gasteiger partial charge in [-0.05, 0) is 25.0 Å². The summed E-state index contributed by atoms with van der Waals surface area (Å²) < 4.78 is 0.164. The van der Waals surface area contributed by atoms with Gasteiger partial charge < -0.3 is 5.32 Å². The summed E-state index contributed by atoms with van der Waals surface area (Å²) in [5.74, 6) is 0.190. The number of piperidine rings is 1. The zero-order chi connectivity index (χ0) is 10.5. The highest BCUT2D eigenvalue weighted by atomic mass is 32.2. The second-order valence-corrected chi connectivity index (χ2v) is 6.03. The van der Waals surface area contributed by atoms with E-state index in [0.717, 1.165) is 6.42 Å². The van der Waals surface area contributed by atoms with Crippen molar-refractivity contribution < 1.29 is 4.79 Å². The predicted octanol–water partition coefficient (Wildman–Crippen LogP) is 2.50. The van der Waals surface area contributed by atoms with Gasteiger partial charge in [0.2, 0.25) is 5.91 Å². The van der Waals surface area contributed by atoms with E-state index in [1.165, 1.54) is 10.5 Å². The van der Waals surface area contributed by atoms with Crippen LogP contribution in [0.15, 0.2) is 29.2 Å². The lowest BCUT2D eigenvalue weighted by Gasteiger charge is -2.35. The van der Waals surface area contributed by atoms with Crippen LogP contribution in [-0.2, 0) is 4.79 Å². The fraction of sp³-hybridized carbons (Fsp3) is 0.417. The van der Waals surface area contributed by atoms with Crippen LogP contribution >= 0.6 is 11.8 Å². The molecule has 1 aromatic rings. The Bertz CT molecular complexity index is 431. The molecule has 2 heterocycles. The lowest BCUT2D eigenvalue weighted by molar-refractivity contribution is -0.123. The maximum absolute atomic E-state index is 11.4. The Hall–Kier alpha value is -0.960. The first-order valence-electron chi connectivity index (χ1n) is 5.26. The molecule has 15 heavy (non-hydrogen) atoms. The van der Waals surface area contributed by atoms with Gasteiger partial charge in [0, 0.05) is 16.1 Å². The van der Waals surface area contributed by atoms with Gasteiger partial charge in [0.25, 0.3) is 0 Å². The molecular formula is C12H13NOS. The van der Waals surface area contributed by atoms with E-state index < -0.39 is 0 Å². The van der Waals surface area contributed by atoms with Gasteiger partial charge in [-0.25, -0.2) is 0 Å². The lowest BCUT2D eigenvalue weighted by atomic mass is 9.87. The van der Waals surface area contributed by atoms with Crippen molar-refractivity contribution in [1.29, 1.82) is 0 Å². The molecule has 2 aliphatic rings.